The number of thioether (sulfide) groups is 1. The quantitative estimate of drug-likeness (QED) is 0.850. The number of nitrogens with zero attached hydrogens (tertiary/aromatic N) is 2. The molecule has 1 unspecified atom stereocenters. The van der Waals surface area contributed by atoms with Gasteiger partial charge in [-0.2, -0.15) is 5.10 Å². The molecule has 0 aliphatic heterocycles. The van der Waals surface area contributed by atoms with Gasteiger partial charge in [-0.25, -0.2) is 0 Å². The standard InChI is InChI=1S/C15H21N3S/c1-11-5-6-14(12(2)7-11)15(16-3)10-19-13-8-17-18(4)9-13/h5-9,15-16H,10H2,1-4H3. The molecule has 2 rings (SSSR count). The zero-order chi connectivity index (χ0) is 13.8. The molecule has 2 aromatic rings. The van der Waals surface area contributed by atoms with E-state index in [1.807, 2.05) is 36.7 Å². The van der Waals surface area contributed by atoms with Crippen molar-refractivity contribution in [2.75, 3.05) is 12.8 Å². The van der Waals surface area contributed by atoms with E-state index in [9.17, 15) is 0 Å². The Kier molecular flexibility index (Phi) is 4.66. The van der Waals surface area contributed by atoms with Gasteiger partial charge < -0.3 is 5.32 Å². The van der Waals surface area contributed by atoms with Gasteiger partial charge in [0.15, 0.2) is 0 Å². The molecule has 3 nitrogen and oxygen atoms in total. The first-order valence-corrected chi connectivity index (χ1v) is 7.44. The van der Waals surface area contributed by atoms with E-state index in [2.05, 4.69) is 48.7 Å². The van der Waals surface area contributed by atoms with Crippen molar-refractivity contribution < 1.29 is 0 Å². The third kappa shape index (κ3) is 3.61. The van der Waals surface area contributed by atoms with Crippen LogP contribution in [0.3, 0.4) is 0 Å². The van der Waals surface area contributed by atoms with Gasteiger partial charge in [-0.15, -0.1) is 11.8 Å². The summed E-state index contributed by atoms with van der Waals surface area (Å²) in [6, 6.07) is 7.02. The van der Waals surface area contributed by atoms with E-state index in [1.165, 1.54) is 21.6 Å². The lowest BCUT2D eigenvalue weighted by molar-refractivity contribution is 0.657. The molecule has 1 aromatic heterocycles. The topological polar surface area (TPSA) is 29.9 Å². The number of aryl methyl sites for hydroxylation is 3. The molecule has 0 saturated carbocycles. The summed E-state index contributed by atoms with van der Waals surface area (Å²) in [5, 5.41) is 7.61. The second-order valence-electron chi connectivity index (χ2n) is 4.86. The Morgan fingerprint density at radius 1 is 1.37 bits per heavy atom. The monoisotopic (exact) mass is 275 g/mol. The van der Waals surface area contributed by atoms with Crippen LogP contribution >= 0.6 is 11.8 Å². The van der Waals surface area contributed by atoms with Gasteiger partial charge in [-0.3, -0.25) is 4.68 Å². The Morgan fingerprint density at radius 2 is 2.16 bits per heavy atom. The fourth-order valence-corrected chi connectivity index (χ4v) is 3.25. The molecule has 1 atom stereocenters. The van der Waals surface area contributed by atoms with E-state index >= 15 is 0 Å². The number of nitrogens with one attached hydrogen (secondary N) is 1. The van der Waals surface area contributed by atoms with Crippen LogP contribution in [0.25, 0.3) is 0 Å². The Morgan fingerprint density at radius 3 is 2.74 bits per heavy atom. The van der Waals surface area contributed by atoms with Crippen molar-refractivity contribution in [3.05, 3.63) is 47.3 Å². The van der Waals surface area contributed by atoms with Crippen LogP contribution in [0.15, 0.2) is 35.5 Å². The first-order chi connectivity index (χ1) is 9.10. The average molecular weight is 275 g/mol. The number of rotatable bonds is 5. The van der Waals surface area contributed by atoms with Crippen molar-refractivity contribution in [1.29, 1.82) is 0 Å². The van der Waals surface area contributed by atoms with Crippen LogP contribution in [0.5, 0.6) is 0 Å². The van der Waals surface area contributed by atoms with Gasteiger partial charge in [-0.1, -0.05) is 23.8 Å². The fourth-order valence-electron chi connectivity index (χ4n) is 2.20. The molecule has 0 fully saturated rings. The van der Waals surface area contributed by atoms with E-state index in [1.54, 1.807) is 0 Å². The zero-order valence-corrected chi connectivity index (χ0v) is 12.8. The van der Waals surface area contributed by atoms with E-state index < -0.39 is 0 Å². The van der Waals surface area contributed by atoms with Crippen LogP contribution < -0.4 is 5.32 Å². The molecular weight excluding hydrogens is 254 g/mol. The summed E-state index contributed by atoms with van der Waals surface area (Å²) in [5.41, 5.74) is 4.05. The number of benzene rings is 1. The summed E-state index contributed by atoms with van der Waals surface area (Å²) in [7, 11) is 3.97. The third-order valence-corrected chi connectivity index (χ3v) is 4.29. The van der Waals surface area contributed by atoms with Gasteiger partial charge in [0.1, 0.15) is 0 Å². The van der Waals surface area contributed by atoms with Crippen LogP contribution in [0.2, 0.25) is 0 Å². The number of aromatic nitrogens is 2. The average Bonchev–Trinajstić information content (AvgIpc) is 2.78. The van der Waals surface area contributed by atoms with Gasteiger partial charge in [0.05, 0.1) is 6.20 Å². The maximum atomic E-state index is 4.20. The second kappa shape index (κ2) is 6.26. The maximum Gasteiger partial charge on any atom is 0.0625 e. The molecule has 4 heteroatoms. The van der Waals surface area contributed by atoms with Gasteiger partial charge in [0.25, 0.3) is 0 Å². The van der Waals surface area contributed by atoms with Crippen molar-refractivity contribution in [2.24, 2.45) is 7.05 Å². The smallest absolute Gasteiger partial charge is 0.0625 e. The van der Waals surface area contributed by atoms with Gasteiger partial charge in [0, 0.05) is 29.9 Å². The second-order valence-corrected chi connectivity index (χ2v) is 5.96. The maximum absolute atomic E-state index is 4.20. The molecule has 19 heavy (non-hydrogen) atoms. The summed E-state index contributed by atoms with van der Waals surface area (Å²) in [6.45, 7) is 4.32. The molecule has 1 aromatic carbocycles. The first-order valence-electron chi connectivity index (χ1n) is 6.46. The molecular formula is C15H21N3S. The van der Waals surface area contributed by atoms with Gasteiger partial charge in [-0.05, 0) is 32.0 Å². The van der Waals surface area contributed by atoms with Gasteiger partial charge in [0.2, 0.25) is 0 Å². The molecule has 0 aliphatic rings. The molecule has 0 aliphatic carbocycles. The SMILES string of the molecule is CNC(CSc1cnn(C)c1)c1ccc(C)cc1C. The highest BCUT2D eigenvalue weighted by atomic mass is 32.2. The molecule has 0 radical (unpaired) electrons. The Balaban J connectivity index is 2.07. The van der Waals surface area contributed by atoms with Crippen LogP contribution in [-0.4, -0.2) is 22.6 Å². The normalized spacial score (nSPS) is 12.6. The lowest BCUT2D eigenvalue weighted by Gasteiger charge is -2.18. The zero-order valence-electron chi connectivity index (χ0n) is 12.0. The van der Waals surface area contributed by atoms with Crippen molar-refractivity contribution in [3.63, 3.8) is 0 Å². The predicted octanol–water partition coefficient (Wildman–Crippen LogP) is 3.09. The van der Waals surface area contributed by atoms with E-state index in [0.717, 1.165) is 5.75 Å². The van der Waals surface area contributed by atoms with Crippen molar-refractivity contribution in [1.82, 2.24) is 15.1 Å². The Hall–Kier alpha value is -1.26. The van der Waals surface area contributed by atoms with Crippen LogP contribution in [0, 0.1) is 13.8 Å². The minimum Gasteiger partial charge on any atom is -0.312 e. The van der Waals surface area contributed by atoms with Gasteiger partial charge >= 0.3 is 0 Å². The molecule has 1 N–H and O–H groups in total. The minimum absolute atomic E-state index is 0.366. The summed E-state index contributed by atoms with van der Waals surface area (Å²) >= 11 is 1.84. The summed E-state index contributed by atoms with van der Waals surface area (Å²) in [6.07, 6.45) is 3.97. The highest BCUT2D eigenvalue weighted by Gasteiger charge is 2.12. The molecule has 0 spiro atoms. The van der Waals surface area contributed by atoms with Crippen LogP contribution in [0.1, 0.15) is 22.7 Å². The molecule has 0 saturated heterocycles. The lowest BCUT2D eigenvalue weighted by Crippen LogP contribution is -2.19. The molecule has 0 bridgehead atoms. The van der Waals surface area contributed by atoms with E-state index in [-0.39, 0.29) is 0 Å². The van der Waals surface area contributed by atoms with Crippen molar-refractivity contribution >= 4 is 11.8 Å². The van der Waals surface area contributed by atoms with Crippen LogP contribution in [0.4, 0.5) is 0 Å². The summed E-state index contributed by atoms with van der Waals surface area (Å²) in [4.78, 5) is 1.22. The lowest BCUT2D eigenvalue weighted by atomic mass is 10.0. The largest absolute Gasteiger partial charge is 0.312 e. The summed E-state index contributed by atoms with van der Waals surface area (Å²) in [5.74, 6) is 1.01. The highest BCUT2D eigenvalue weighted by Crippen LogP contribution is 2.26. The Labute approximate surface area is 119 Å². The Bertz CT molecular complexity index is 548. The van der Waals surface area contributed by atoms with E-state index in [0.29, 0.717) is 6.04 Å². The highest BCUT2D eigenvalue weighted by molar-refractivity contribution is 7.99. The van der Waals surface area contributed by atoms with E-state index in [4.69, 9.17) is 0 Å². The number of hydrogen-bond acceptors (Lipinski definition) is 3. The fraction of sp³-hybridized carbons (Fsp3) is 0.400. The molecule has 1 heterocycles. The first kappa shape index (κ1) is 14.2. The third-order valence-electron chi connectivity index (χ3n) is 3.25. The molecule has 0 amide bonds. The molecule has 102 valence electrons. The van der Waals surface area contributed by atoms with Crippen molar-refractivity contribution in [3.8, 4) is 0 Å². The summed E-state index contributed by atoms with van der Waals surface area (Å²) < 4.78 is 1.84. The minimum atomic E-state index is 0.366. The van der Waals surface area contributed by atoms with Crippen LogP contribution in [-0.2, 0) is 7.05 Å². The van der Waals surface area contributed by atoms with Crippen molar-refractivity contribution in [2.45, 2.75) is 24.8 Å². The predicted molar refractivity (Wildman–Crippen MR) is 81.6 cm³/mol. The number of hydrogen-bond donors (Lipinski definition) is 1.